The molecule has 212 valence electrons. The topological polar surface area (TPSA) is 132 Å². The van der Waals surface area contributed by atoms with Crippen molar-refractivity contribution in [3.8, 4) is 0 Å². The first-order chi connectivity index (χ1) is 18.4. The van der Waals surface area contributed by atoms with Gasteiger partial charge in [-0.2, -0.15) is 0 Å². The van der Waals surface area contributed by atoms with Crippen molar-refractivity contribution in [1.29, 1.82) is 0 Å². The number of aromatic nitrogens is 2. The average molecular weight is 560 g/mol. The van der Waals surface area contributed by atoms with E-state index in [9.17, 15) is 24.0 Å². The molecule has 2 aliphatic heterocycles. The Hall–Kier alpha value is -3.28. The van der Waals surface area contributed by atoms with E-state index in [0.29, 0.717) is 37.9 Å². The minimum absolute atomic E-state index is 0.00459. The van der Waals surface area contributed by atoms with Crippen LogP contribution in [0.4, 0.5) is 4.79 Å². The lowest BCUT2D eigenvalue weighted by Gasteiger charge is -2.32. The number of nitrogens with one attached hydrogen (secondary N) is 2. The smallest absolute Gasteiger partial charge is 0.410 e. The Morgan fingerprint density at radius 1 is 1.10 bits per heavy atom. The molecule has 2 aromatic rings. The van der Waals surface area contributed by atoms with E-state index in [-0.39, 0.29) is 35.9 Å². The number of imide groups is 1. The molecule has 12 heteroatoms. The molecule has 0 aliphatic carbocycles. The van der Waals surface area contributed by atoms with Gasteiger partial charge in [0.2, 0.25) is 17.7 Å². The molecule has 1 aromatic heterocycles. The van der Waals surface area contributed by atoms with Gasteiger partial charge in [-0.05, 0) is 70.6 Å². The van der Waals surface area contributed by atoms with Crippen LogP contribution in [-0.4, -0.2) is 62.3 Å². The molecule has 11 nitrogen and oxygen atoms in total. The van der Waals surface area contributed by atoms with Crippen molar-refractivity contribution in [3.05, 3.63) is 34.2 Å². The molecule has 4 amide bonds. The van der Waals surface area contributed by atoms with Crippen LogP contribution in [0.1, 0.15) is 64.5 Å². The van der Waals surface area contributed by atoms with Gasteiger partial charge >= 0.3 is 11.8 Å². The summed E-state index contributed by atoms with van der Waals surface area (Å²) >= 11 is 1.39. The average Bonchev–Trinajstić information content (AvgIpc) is 3.12. The standard InChI is InChI=1S/C27H37N5O6S/c1-27(2,3)38-26(37)31-13-11-18(12-14-31)23(34)29-39-15-5-6-17-7-8-19-21(16-17)30(4)25(36)32(19)20-9-10-22(33)28-24(20)35/h7-8,16,18,20H,5-6,9-15H2,1-4H3,(H,29,34)(H,28,33,35). The lowest BCUT2D eigenvalue weighted by Crippen LogP contribution is -2.44. The van der Waals surface area contributed by atoms with E-state index in [0.717, 1.165) is 29.7 Å². The molecule has 0 saturated carbocycles. The van der Waals surface area contributed by atoms with Gasteiger partial charge in [0, 0.05) is 38.2 Å². The quantitative estimate of drug-likeness (QED) is 0.303. The van der Waals surface area contributed by atoms with Crippen LogP contribution in [-0.2, 0) is 32.6 Å². The first-order valence-corrected chi connectivity index (χ1v) is 14.4. The Bertz CT molecular complexity index is 1320. The number of ether oxygens (including phenoxy) is 1. The number of benzene rings is 1. The zero-order valence-corrected chi connectivity index (χ0v) is 23.8. The van der Waals surface area contributed by atoms with Gasteiger partial charge in [0.1, 0.15) is 11.6 Å². The predicted octanol–water partition coefficient (Wildman–Crippen LogP) is 2.66. The summed E-state index contributed by atoms with van der Waals surface area (Å²) in [5.74, 6) is -0.151. The molecule has 1 unspecified atom stereocenters. The number of imidazole rings is 1. The van der Waals surface area contributed by atoms with Crippen LogP contribution < -0.4 is 15.7 Å². The summed E-state index contributed by atoms with van der Waals surface area (Å²) in [6.45, 7) is 6.53. The lowest BCUT2D eigenvalue weighted by atomic mass is 9.97. The van der Waals surface area contributed by atoms with Gasteiger partial charge in [0.05, 0.1) is 11.0 Å². The van der Waals surface area contributed by atoms with E-state index in [1.807, 2.05) is 39.0 Å². The molecule has 2 aliphatic rings. The molecule has 4 rings (SSSR count). The SMILES string of the molecule is Cn1c(=O)n(C2CCC(=O)NC2=O)c2ccc(CCCSNC(=O)C3CCN(C(=O)OC(C)(C)C)CC3)cc21. The first kappa shape index (κ1) is 28.7. The Morgan fingerprint density at radius 3 is 2.49 bits per heavy atom. The van der Waals surface area contributed by atoms with Crippen molar-refractivity contribution in [3.63, 3.8) is 0 Å². The van der Waals surface area contributed by atoms with Crippen LogP contribution >= 0.6 is 11.9 Å². The van der Waals surface area contributed by atoms with Crippen molar-refractivity contribution in [2.24, 2.45) is 13.0 Å². The summed E-state index contributed by atoms with van der Waals surface area (Å²) in [5, 5.41) is 2.32. The number of hydrogen-bond acceptors (Lipinski definition) is 7. The van der Waals surface area contributed by atoms with Gasteiger partial charge in [-0.3, -0.25) is 33.6 Å². The number of hydrogen-bond donors (Lipinski definition) is 2. The number of amides is 4. The summed E-state index contributed by atoms with van der Waals surface area (Å²) in [6, 6.07) is 5.07. The molecule has 2 saturated heterocycles. The highest BCUT2D eigenvalue weighted by atomic mass is 32.2. The van der Waals surface area contributed by atoms with E-state index in [4.69, 9.17) is 4.74 Å². The Morgan fingerprint density at radius 2 is 1.82 bits per heavy atom. The van der Waals surface area contributed by atoms with Gasteiger partial charge < -0.3 is 9.64 Å². The van der Waals surface area contributed by atoms with Crippen LogP contribution in [0, 0.1) is 5.92 Å². The second kappa shape index (κ2) is 11.8. The Labute approximate surface area is 231 Å². The molecule has 2 N–H and O–H groups in total. The van der Waals surface area contributed by atoms with Crippen molar-refractivity contribution in [1.82, 2.24) is 24.1 Å². The molecule has 0 spiro atoms. The fraction of sp³-hybridized carbons (Fsp3) is 0.593. The lowest BCUT2D eigenvalue weighted by molar-refractivity contribution is -0.135. The fourth-order valence-electron chi connectivity index (χ4n) is 5.00. The van der Waals surface area contributed by atoms with Gasteiger partial charge in [-0.25, -0.2) is 9.59 Å². The fourth-order valence-corrected chi connectivity index (χ4v) is 5.70. The summed E-state index contributed by atoms with van der Waals surface area (Å²) in [5.41, 5.74) is 1.64. The highest BCUT2D eigenvalue weighted by Gasteiger charge is 2.32. The van der Waals surface area contributed by atoms with Crippen molar-refractivity contribution >= 4 is 46.8 Å². The number of piperidine rings is 2. The monoisotopic (exact) mass is 559 g/mol. The van der Waals surface area contributed by atoms with Crippen molar-refractivity contribution in [2.45, 2.75) is 70.9 Å². The summed E-state index contributed by atoms with van der Waals surface area (Å²) in [4.78, 5) is 63.2. The van der Waals surface area contributed by atoms with E-state index in [2.05, 4.69) is 10.0 Å². The number of aryl methyl sites for hydroxylation is 2. The maximum Gasteiger partial charge on any atom is 0.410 e. The van der Waals surface area contributed by atoms with E-state index >= 15 is 0 Å². The maximum atomic E-state index is 12.9. The number of carbonyl (C=O) groups is 4. The number of likely N-dealkylation sites (tertiary alicyclic amines) is 1. The molecule has 1 atom stereocenters. The zero-order chi connectivity index (χ0) is 28.3. The number of carbonyl (C=O) groups excluding carboxylic acids is 4. The largest absolute Gasteiger partial charge is 0.444 e. The van der Waals surface area contributed by atoms with Gasteiger partial charge in [0.15, 0.2) is 0 Å². The summed E-state index contributed by atoms with van der Waals surface area (Å²) in [6.07, 6.45) is 3.00. The summed E-state index contributed by atoms with van der Waals surface area (Å²) in [7, 11) is 1.68. The predicted molar refractivity (Wildman–Crippen MR) is 148 cm³/mol. The van der Waals surface area contributed by atoms with Gasteiger partial charge in [-0.15, -0.1) is 0 Å². The minimum atomic E-state index is -0.700. The normalized spacial score (nSPS) is 18.8. The Kier molecular flexibility index (Phi) is 8.73. The third-order valence-corrected chi connectivity index (χ3v) is 7.92. The van der Waals surface area contributed by atoms with Crippen LogP contribution in [0.5, 0.6) is 0 Å². The molecule has 1 aromatic carbocycles. The van der Waals surface area contributed by atoms with Crippen LogP contribution in [0.25, 0.3) is 11.0 Å². The van der Waals surface area contributed by atoms with Gasteiger partial charge in [0.25, 0.3) is 0 Å². The molecule has 39 heavy (non-hydrogen) atoms. The third-order valence-electron chi connectivity index (χ3n) is 7.08. The molecular formula is C27H37N5O6S. The molecule has 0 radical (unpaired) electrons. The van der Waals surface area contributed by atoms with E-state index < -0.39 is 17.6 Å². The Balaban J connectivity index is 1.24. The number of fused-ring (bicyclic) bond motifs is 1. The highest BCUT2D eigenvalue weighted by molar-refractivity contribution is 7.97. The summed E-state index contributed by atoms with van der Waals surface area (Å²) < 4.78 is 11.4. The van der Waals surface area contributed by atoms with Crippen LogP contribution in [0.3, 0.4) is 0 Å². The first-order valence-electron chi connectivity index (χ1n) is 13.4. The molecule has 0 bridgehead atoms. The molecule has 2 fully saturated rings. The van der Waals surface area contributed by atoms with Crippen molar-refractivity contribution in [2.75, 3.05) is 18.8 Å². The number of rotatable bonds is 7. The van der Waals surface area contributed by atoms with E-state index in [1.165, 1.54) is 21.1 Å². The molecular weight excluding hydrogens is 522 g/mol. The van der Waals surface area contributed by atoms with Crippen LogP contribution in [0.2, 0.25) is 0 Å². The van der Waals surface area contributed by atoms with Gasteiger partial charge in [-0.1, -0.05) is 18.0 Å². The van der Waals surface area contributed by atoms with Crippen molar-refractivity contribution < 1.29 is 23.9 Å². The molecule has 3 heterocycles. The minimum Gasteiger partial charge on any atom is -0.444 e. The van der Waals surface area contributed by atoms with E-state index in [1.54, 1.807) is 11.9 Å². The zero-order valence-electron chi connectivity index (χ0n) is 23.0. The second-order valence-electron chi connectivity index (χ2n) is 11.2. The highest BCUT2D eigenvalue weighted by Crippen LogP contribution is 2.25. The third kappa shape index (κ3) is 6.84. The maximum absolute atomic E-state index is 12.9. The van der Waals surface area contributed by atoms with Crippen LogP contribution in [0.15, 0.2) is 23.0 Å². The number of nitrogens with zero attached hydrogens (tertiary/aromatic N) is 3. The second-order valence-corrected chi connectivity index (χ2v) is 12.1.